The maximum absolute atomic E-state index is 15.4. The number of amides is 1. The van der Waals surface area contributed by atoms with Gasteiger partial charge in [0.2, 0.25) is 5.88 Å². The molecule has 1 amide bonds. The molecule has 2 aromatic heterocycles. The Morgan fingerprint density at radius 2 is 2.09 bits per heavy atom. The van der Waals surface area contributed by atoms with Crippen molar-refractivity contribution >= 4 is 34.1 Å². The van der Waals surface area contributed by atoms with Gasteiger partial charge in [0.1, 0.15) is 18.1 Å². The number of anilines is 3. The third-order valence-corrected chi connectivity index (χ3v) is 6.93. The van der Waals surface area contributed by atoms with Crippen LogP contribution in [0.1, 0.15) is 31.7 Å². The van der Waals surface area contributed by atoms with Gasteiger partial charge in [-0.2, -0.15) is 0 Å². The van der Waals surface area contributed by atoms with Crippen LogP contribution >= 0.6 is 0 Å². The lowest BCUT2D eigenvalue weighted by molar-refractivity contribution is -0.0500. The van der Waals surface area contributed by atoms with E-state index >= 15 is 4.39 Å². The standard InChI is InChI=1S/C24H26FN5O4/c1-3-24(33)8-14(9-24)30(23(31)32)18-7-13-6-15(19(25)20(26)17(13)11-28-18)16-10-29-22-21(12(16)2)27-4-5-34-22/h6-7,10-11,14,27,33H,3-5,8-9,26H2,1-2H3,(H,31,32). The number of halogens is 1. The van der Waals surface area contributed by atoms with Crippen molar-refractivity contribution in [3.63, 3.8) is 0 Å². The van der Waals surface area contributed by atoms with Gasteiger partial charge in [-0.1, -0.05) is 6.92 Å². The summed E-state index contributed by atoms with van der Waals surface area (Å²) < 4.78 is 20.9. The molecule has 5 rings (SSSR count). The average molecular weight is 468 g/mol. The van der Waals surface area contributed by atoms with Crippen LogP contribution in [0.3, 0.4) is 0 Å². The molecule has 5 N–H and O–H groups in total. The molecule has 0 bridgehead atoms. The minimum absolute atomic E-state index is 0.0706. The zero-order chi connectivity index (χ0) is 24.2. The molecule has 1 fully saturated rings. The summed E-state index contributed by atoms with van der Waals surface area (Å²) >= 11 is 0. The summed E-state index contributed by atoms with van der Waals surface area (Å²) in [6, 6.07) is 2.84. The lowest BCUT2D eigenvalue weighted by Crippen LogP contribution is -2.56. The zero-order valence-electron chi connectivity index (χ0n) is 18.9. The molecule has 3 heterocycles. The van der Waals surface area contributed by atoms with Gasteiger partial charge in [-0.05, 0) is 49.3 Å². The Labute approximate surface area is 195 Å². The Kier molecular flexibility index (Phi) is 5.20. The van der Waals surface area contributed by atoms with Gasteiger partial charge in [-0.15, -0.1) is 0 Å². The number of ether oxygens (including phenoxy) is 1. The maximum atomic E-state index is 15.4. The van der Waals surface area contributed by atoms with E-state index in [1.165, 1.54) is 6.20 Å². The fraction of sp³-hybridized carbons (Fsp3) is 0.375. The molecule has 178 valence electrons. The van der Waals surface area contributed by atoms with E-state index in [-0.39, 0.29) is 23.1 Å². The third kappa shape index (κ3) is 3.45. The van der Waals surface area contributed by atoms with E-state index in [0.717, 1.165) is 10.5 Å². The summed E-state index contributed by atoms with van der Waals surface area (Å²) in [6.07, 6.45) is 3.00. The molecule has 0 unspecified atom stereocenters. The predicted molar refractivity (Wildman–Crippen MR) is 127 cm³/mol. The SMILES string of the molecule is CCC1(O)CC(N(C(=O)O)c2cc3cc(-c4cnc5c(c4C)NCCO5)c(F)c(N)c3cn2)C1. The lowest BCUT2D eigenvalue weighted by atomic mass is 9.73. The van der Waals surface area contributed by atoms with Gasteiger partial charge in [-0.25, -0.2) is 19.2 Å². The van der Waals surface area contributed by atoms with Gasteiger partial charge >= 0.3 is 6.09 Å². The summed E-state index contributed by atoms with van der Waals surface area (Å²) in [5.41, 5.74) is 7.52. The second-order valence-electron chi connectivity index (χ2n) is 8.96. The molecule has 1 aromatic carbocycles. The zero-order valence-corrected chi connectivity index (χ0v) is 18.9. The van der Waals surface area contributed by atoms with E-state index < -0.39 is 17.5 Å². The van der Waals surface area contributed by atoms with E-state index in [0.29, 0.717) is 60.3 Å². The van der Waals surface area contributed by atoms with Gasteiger partial charge < -0.3 is 26.0 Å². The Hall–Kier alpha value is -3.66. The average Bonchev–Trinajstić information content (AvgIpc) is 2.80. The van der Waals surface area contributed by atoms with Crippen molar-refractivity contribution in [3.05, 3.63) is 35.9 Å². The highest BCUT2D eigenvalue weighted by atomic mass is 19.1. The number of fused-ring (bicyclic) bond motifs is 2. The van der Waals surface area contributed by atoms with E-state index in [2.05, 4.69) is 15.3 Å². The highest BCUT2D eigenvalue weighted by Gasteiger charge is 2.46. The molecule has 0 saturated heterocycles. The monoisotopic (exact) mass is 467 g/mol. The van der Waals surface area contributed by atoms with Crippen molar-refractivity contribution in [2.45, 2.75) is 44.8 Å². The van der Waals surface area contributed by atoms with Gasteiger partial charge in [0.05, 0.1) is 11.3 Å². The number of rotatable bonds is 4. The molecule has 0 spiro atoms. The van der Waals surface area contributed by atoms with Crippen LogP contribution in [-0.2, 0) is 0 Å². The smallest absolute Gasteiger partial charge is 0.413 e. The minimum atomic E-state index is -1.16. The molecule has 1 aliphatic carbocycles. The normalized spacial score (nSPS) is 21.2. The number of aliphatic hydroxyl groups is 1. The molecule has 10 heteroatoms. The molecule has 9 nitrogen and oxygen atoms in total. The fourth-order valence-corrected chi connectivity index (χ4v) is 4.84. The van der Waals surface area contributed by atoms with Crippen LogP contribution in [0, 0.1) is 12.7 Å². The van der Waals surface area contributed by atoms with Gasteiger partial charge in [0, 0.05) is 41.5 Å². The largest absolute Gasteiger partial charge is 0.474 e. The van der Waals surface area contributed by atoms with Crippen molar-refractivity contribution in [3.8, 4) is 17.0 Å². The lowest BCUT2D eigenvalue weighted by Gasteiger charge is -2.46. The number of carboxylic acid groups (broad SMARTS) is 1. The van der Waals surface area contributed by atoms with Crippen molar-refractivity contribution in [2.24, 2.45) is 0 Å². The number of nitrogen functional groups attached to an aromatic ring is 1. The van der Waals surface area contributed by atoms with E-state index in [1.54, 1.807) is 18.3 Å². The molecular weight excluding hydrogens is 441 g/mol. The summed E-state index contributed by atoms with van der Waals surface area (Å²) in [5, 5.41) is 24.4. The number of nitrogens with two attached hydrogens (primary N) is 1. The Morgan fingerprint density at radius 3 is 2.79 bits per heavy atom. The topological polar surface area (TPSA) is 134 Å². The molecule has 1 saturated carbocycles. The van der Waals surface area contributed by atoms with Crippen molar-refractivity contribution < 1.29 is 24.1 Å². The van der Waals surface area contributed by atoms with Crippen LogP contribution in [0.15, 0.2) is 24.5 Å². The number of aromatic nitrogens is 2. The van der Waals surface area contributed by atoms with Crippen molar-refractivity contribution in [2.75, 3.05) is 29.1 Å². The van der Waals surface area contributed by atoms with E-state index in [4.69, 9.17) is 10.5 Å². The minimum Gasteiger partial charge on any atom is -0.474 e. The molecular formula is C24H26FN5O4. The van der Waals surface area contributed by atoms with Crippen molar-refractivity contribution in [1.29, 1.82) is 0 Å². The second-order valence-corrected chi connectivity index (χ2v) is 8.96. The van der Waals surface area contributed by atoms with Gasteiger partial charge in [0.25, 0.3) is 0 Å². The predicted octanol–water partition coefficient (Wildman–Crippen LogP) is 3.92. The number of pyridine rings is 2. The first-order chi connectivity index (χ1) is 16.2. The fourth-order valence-electron chi connectivity index (χ4n) is 4.84. The molecule has 3 aromatic rings. The highest BCUT2D eigenvalue weighted by molar-refractivity contribution is 6.00. The maximum Gasteiger partial charge on any atom is 0.413 e. The Morgan fingerprint density at radius 1 is 1.32 bits per heavy atom. The highest BCUT2D eigenvalue weighted by Crippen LogP contribution is 2.42. The number of carbonyl (C=O) groups is 1. The third-order valence-electron chi connectivity index (χ3n) is 6.93. The summed E-state index contributed by atoms with van der Waals surface area (Å²) in [5.74, 6) is 0.0824. The van der Waals surface area contributed by atoms with Crippen molar-refractivity contribution in [1.82, 2.24) is 9.97 Å². The summed E-state index contributed by atoms with van der Waals surface area (Å²) in [6.45, 7) is 4.85. The summed E-state index contributed by atoms with van der Waals surface area (Å²) in [4.78, 5) is 21.8. The number of hydrogen-bond donors (Lipinski definition) is 4. The van der Waals surface area contributed by atoms with Crippen LogP contribution in [0.5, 0.6) is 5.88 Å². The molecule has 2 aliphatic rings. The molecule has 1 aliphatic heterocycles. The number of nitrogens with one attached hydrogen (secondary N) is 1. The van der Waals surface area contributed by atoms with Crippen LogP contribution in [-0.4, -0.2) is 51.1 Å². The van der Waals surface area contributed by atoms with Crippen LogP contribution in [0.2, 0.25) is 0 Å². The van der Waals surface area contributed by atoms with E-state index in [9.17, 15) is 15.0 Å². The van der Waals surface area contributed by atoms with Crippen LogP contribution in [0.25, 0.3) is 21.9 Å². The van der Waals surface area contributed by atoms with Gasteiger partial charge in [-0.3, -0.25) is 4.90 Å². The first-order valence-corrected chi connectivity index (χ1v) is 11.2. The Balaban J connectivity index is 1.60. The molecule has 0 atom stereocenters. The second kappa shape index (κ2) is 7.98. The van der Waals surface area contributed by atoms with Gasteiger partial charge in [0.15, 0.2) is 5.82 Å². The van der Waals surface area contributed by atoms with Crippen LogP contribution < -0.4 is 20.7 Å². The number of benzene rings is 1. The molecule has 34 heavy (non-hydrogen) atoms. The summed E-state index contributed by atoms with van der Waals surface area (Å²) in [7, 11) is 0. The van der Waals surface area contributed by atoms with Crippen LogP contribution in [0.4, 0.5) is 26.4 Å². The van der Waals surface area contributed by atoms with E-state index in [1.807, 2.05) is 13.8 Å². The quantitative estimate of drug-likeness (QED) is 0.424. The Bertz CT molecular complexity index is 1310. The first kappa shape index (κ1) is 22.1. The number of hydrogen-bond acceptors (Lipinski definition) is 7. The molecule has 0 radical (unpaired) electrons. The number of nitrogens with zero attached hydrogens (tertiary/aromatic N) is 3. The first-order valence-electron chi connectivity index (χ1n) is 11.2.